The molecule has 0 unspecified atom stereocenters. The van der Waals surface area contributed by atoms with Gasteiger partial charge in [0.2, 0.25) is 6.17 Å². The van der Waals surface area contributed by atoms with Crippen LogP contribution in [0, 0.1) is 5.82 Å². The van der Waals surface area contributed by atoms with Crippen LogP contribution < -0.4 is 10.2 Å². The van der Waals surface area contributed by atoms with Gasteiger partial charge in [-0.25, -0.2) is 9.38 Å². The van der Waals surface area contributed by atoms with Gasteiger partial charge in [0.25, 0.3) is 11.8 Å². The number of halogens is 2. The molecule has 9 heteroatoms. The summed E-state index contributed by atoms with van der Waals surface area (Å²) in [7, 11) is 3.87. The van der Waals surface area contributed by atoms with Crippen molar-refractivity contribution in [1.29, 1.82) is 0 Å². The summed E-state index contributed by atoms with van der Waals surface area (Å²) in [4.78, 5) is 39.0. The van der Waals surface area contributed by atoms with E-state index in [1.54, 1.807) is 23.1 Å². The molecule has 0 aliphatic carbocycles. The molecule has 2 aliphatic heterocycles. The summed E-state index contributed by atoms with van der Waals surface area (Å²) in [6, 6.07) is 19.8. The van der Waals surface area contributed by atoms with Crippen molar-refractivity contribution in [2.24, 2.45) is 4.99 Å². The third-order valence-electron chi connectivity index (χ3n) is 6.92. The number of rotatable bonds is 5. The van der Waals surface area contributed by atoms with Crippen LogP contribution in [0.15, 0.2) is 71.7 Å². The molecule has 194 valence electrons. The second-order valence-corrected chi connectivity index (χ2v) is 9.65. The fraction of sp³-hybridized carbons (Fsp3) is 0.207. The van der Waals surface area contributed by atoms with Crippen LogP contribution in [-0.4, -0.2) is 54.2 Å². The van der Waals surface area contributed by atoms with Gasteiger partial charge in [-0.3, -0.25) is 9.59 Å². The molecule has 3 aromatic carbocycles. The van der Waals surface area contributed by atoms with Gasteiger partial charge in [0.15, 0.2) is 0 Å². The maximum atomic E-state index is 15.0. The molecular formula is C29H27ClFN5O2. The van der Waals surface area contributed by atoms with Crippen LogP contribution in [0.25, 0.3) is 10.9 Å². The first-order valence-corrected chi connectivity index (χ1v) is 12.2. The predicted octanol–water partition coefficient (Wildman–Crippen LogP) is 4.29. The Kier molecular flexibility index (Phi) is 6.77. The quantitative estimate of drug-likeness (QED) is 0.403. The molecule has 3 heterocycles. The van der Waals surface area contributed by atoms with E-state index in [4.69, 9.17) is 4.99 Å². The van der Waals surface area contributed by atoms with Gasteiger partial charge in [-0.1, -0.05) is 48.5 Å². The molecule has 6 rings (SSSR count). The van der Waals surface area contributed by atoms with Crippen molar-refractivity contribution >= 4 is 46.5 Å². The Labute approximate surface area is 225 Å². The number of nitrogens with zero attached hydrogens (tertiary/aromatic N) is 3. The second-order valence-electron chi connectivity index (χ2n) is 9.65. The van der Waals surface area contributed by atoms with Gasteiger partial charge < -0.3 is 20.1 Å². The smallest absolute Gasteiger partial charge is 0.272 e. The van der Waals surface area contributed by atoms with Gasteiger partial charge in [-0.15, -0.1) is 12.4 Å². The average Bonchev–Trinajstić information content (AvgIpc) is 3.45. The normalized spacial score (nSPS) is 16.2. The molecule has 0 spiro atoms. The lowest BCUT2D eigenvalue weighted by Gasteiger charge is -2.21. The maximum Gasteiger partial charge on any atom is 0.272 e. The SMILES string of the molecule is CN(C)Cc1c(C(=O)N[C@H]2N=C(c3ccccc3F)c3cccc4c3N(CC4)C2=O)[nH]c2ccccc12.Cl. The highest BCUT2D eigenvalue weighted by Gasteiger charge is 2.38. The van der Waals surface area contributed by atoms with Crippen LogP contribution in [0.4, 0.5) is 10.1 Å². The van der Waals surface area contributed by atoms with E-state index in [2.05, 4.69) is 10.3 Å². The number of aromatic amines is 1. The van der Waals surface area contributed by atoms with E-state index in [1.807, 2.05) is 61.5 Å². The van der Waals surface area contributed by atoms with E-state index >= 15 is 0 Å². The first kappa shape index (κ1) is 25.6. The number of carbonyl (C=O) groups is 2. The van der Waals surface area contributed by atoms with Crippen molar-refractivity contribution in [3.8, 4) is 0 Å². The number of carbonyl (C=O) groups excluding carboxylic acids is 2. The summed E-state index contributed by atoms with van der Waals surface area (Å²) in [5.74, 6) is -1.21. The fourth-order valence-corrected chi connectivity index (χ4v) is 5.30. The van der Waals surface area contributed by atoms with Gasteiger partial charge in [0, 0.05) is 40.7 Å². The molecule has 0 fully saturated rings. The molecule has 2 aliphatic rings. The molecule has 0 bridgehead atoms. The van der Waals surface area contributed by atoms with Crippen molar-refractivity contribution in [3.05, 3.63) is 100 Å². The number of nitrogens with one attached hydrogen (secondary N) is 2. The van der Waals surface area contributed by atoms with Crippen molar-refractivity contribution in [3.63, 3.8) is 0 Å². The van der Waals surface area contributed by atoms with Crippen LogP contribution in [0.1, 0.15) is 32.7 Å². The highest BCUT2D eigenvalue weighted by Crippen LogP contribution is 2.36. The number of aliphatic imine (C=N–C) groups is 1. The standard InChI is InChI=1S/C29H26FN5O2.ClH/c1-34(2)16-21-18-9-4-6-13-23(18)31-25(21)28(36)33-27-29(37)35-15-14-17-8-7-11-20(26(17)35)24(32-27)19-10-3-5-12-22(19)30;/h3-13,27,31H,14-16H2,1-2H3,(H,33,36);1H/t27-;/m1./s1. The molecule has 4 aromatic rings. The maximum absolute atomic E-state index is 15.0. The third kappa shape index (κ3) is 4.25. The first-order chi connectivity index (χ1) is 17.9. The number of hydrogen-bond donors (Lipinski definition) is 2. The zero-order valence-electron chi connectivity index (χ0n) is 21.0. The largest absolute Gasteiger partial charge is 0.350 e. The van der Waals surface area contributed by atoms with E-state index in [9.17, 15) is 14.0 Å². The molecule has 0 saturated carbocycles. The van der Waals surface area contributed by atoms with E-state index in [0.717, 1.165) is 27.7 Å². The highest BCUT2D eigenvalue weighted by molar-refractivity contribution is 6.21. The zero-order chi connectivity index (χ0) is 25.7. The van der Waals surface area contributed by atoms with E-state index < -0.39 is 17.9 Å². The molecule has 0 radical (unpaired) electrons. The summed E-state index contributed by atoms with van der Waals surface area (Å²) >= 11 is 0. The zero-order valence-corrected chi connectivity index (χ0v) is 21.8. The summed E-state index contributed by atoms with van der Waals surface area (Å²) in [5.41, 5.74) is 5.13. The van der Waals surface area contributed by atoms with Gasteiger partial charge >= 0.3 is 0 Å². The number of anilines is 1. The number of para-hydroxylation sites is 2. The average molecular weight is 532 g/mol. The van der Waals surface area contributed by atoms with Crippen molar-refractivity contribution in [2.75, 3.05) is 25.5 Å². The van der Waals surface area contributed by atoms with Crippen LogP contribution in [-0.2, 0) is 17.8 Å². The van der Waals surface area contributed by atoms with Crippen LogP contribution in [0.2, 0.25) is 0 Å². The Balaban J connectivity index is 0.00000294. The molecule has 1 aromatic heterocycles. The molecule has 7 nitrogen and oxygen atoms in total. The van der Waals surface area contributed by atoms with Crippen molar-refractivity contribution in [2.45, 2.75) is 19.1 Å². The van der Waals surface area contributed by atoms with Crippen LogP contribution in [0.5, 0.6) is 0 Å². The van der Waals surface area contributed by atoms with Gasteiger partial charge in [-0.05, 0) is 44.3 Å². The summed E-state index contributed by atoms with van der Waals surface area (Å²) in [6.07, 6.45) is -0.520. The topological polar surface area (TPSA) is 80.8 Å². The summed E-state index contributed by atoms with van der Waals surface area (Å²) < 4.78 is 15.0. The fourth-order valence-electron chi connectivity index (χ4n) is 5.30. The number of benzene rings is 3. The lowest BCUT2D eigenvalue weighted by molar-refractivity contribution is -0.120. The first-order valence-electron chi connectivity index (χ1n) is 12.2. The van der Waals surface area contributed by atoms with E-state index in [0.29, 0.717) is 36.5 Å². The molecule has 38 heavy (non-hydrogen) atoms. The number of aromatic nitrogens is 1. The third-order valence-corrected chi connectivity index (χ3v) is 6.92. The molecule has 2 amide bonds. The minimum Gasteiger partial charge on any atom is -0.350 e. The summed E-state index contributed by atoms with van der Waals surface area (Å²) in [5, 5.41) is 3.80. The summed E-state index contributed by atoms with van der Waals surface area (Å²) in [6.45, 7) is 1.02. The Morgan fingerprint density at radius 2 is 1.82 bits per heavy atom. The van der Waals surface area contributed by atoms with Crippen LogP contribution in [0.3, 0.4) is 0 Å². The lowest BCUT2D eigenvalue weighted by atomic mass is 9.98. The monoisotopic (exact) mass is 531 g/mol. The van der Waals surface area contributed by atoms with Gasteiger partial charge in [0.05, 0.1) is 11.4 Å². The molecule has 2 N–H and O–H groups in total. The molecular weight excluding hydrogens is 505 g/mol. The molecule has 0 saturated heterocycles. The number of fused-ring (bicyclic) bond motifs is 1. The van der Waals surface area contributed by atoms with Crippen molar-refractivity contribution in [1.82, 2.24) is 15.2 Å². The lowest BCUT2D eigenvalue weighted by Crippen LogP contribution is -2.47. The van der Waals surface area contributed by atoms with Gasteiger partial charge in [-0.2, -0.15) is 0 Å². The minimum absolute atomic E-state index is 0. The Hall–Kier alpha value is -4.01. The molecule has 1 atom stereocenters. The minimum atomic E-state index is -1.21. The highest BCUT2D eigenvalue weighted by atomic mass is 35.5. The van der Waals surface area contributed by atoms with Crippen LogP contribution >= 0.6 is 12.4 Å². The second kappa shape index (κ2) is 10.0. The number of hydrogen-bond acceptors (Lipinski definition) is 4. The Morgan fingerprint density at radius 1 is 1.08 bits per heavy atom. The number of amides is 2. The number of H-pyrrole nitrogens is 1. The van der Waals surface area contributed by atoms with E-state index in [-0.39, 0.29) is 23.9 Å². The Morgan fingerprint density at radius 3 is 2.61 bits per heavy atom. The Bertz CT molecular complexity index is 1600. The predicted molar refractivity (Wildman–Crippen MR) is 149 cm³/mol. The van der Waals surface area contributed by atoms with Crippen molar-refractivity contribution < 1.29 is 14.0 Å². The van der Waals surface area contributed by atoms with E-state index in [1.165, 1.54) is 6.07 Å². The van der Waals surface area contributed by atoms with Gasteiger partial charge in [0.1, 0.15) is 11.5 Å².